The van der Waals surface area contributed by atoms with Gasteiger partial charge < -0.3 is 10.2 Å². The van der Waals surface area contributed by atoms with Crippen molar-refractivity contribution in [2.45, 2.75) is 123 Å². The summed E-state index contributed by atoms with van der Waals surface area (Å²) < 4.78 is 0. The molecule has 1 aliphatic rings. The normalized spacial score (nSPS) is 15.7. The van der Waals surface area contributed by atoms with Gasteiger partial charge in [-0.1, -0.05) is 90.9 Å². The highest BCUT2D eigenvalue weighted by Gasteiger charge is 2.14. The van der Waals surface area contributed by atoms with E-state index < -0.39 is 0 Å². The number of piperidine rings is 1. The fraction of sp³-hybridized carbons (Fsp3) is 1.00. The molecular weight excluding hydrogens is 328 g/mol. The smallest absolute Gasteiger partial charge is 0.00161 e. The predicted octanol–water partition coefficient (Wildman–Crippen LogP) is 7.18. The summed E-state index contributed by atoms with van der Waals surface area (Å²) in [5.41, 5.74) is 0. The van der Waals surface area contributed by atoms with Gasteiger partial charge >= 0.3 is 0 Å². The summed E-state index contributed by atoms with van der Waals surface area (Å²) in [7, 11) is 0. The van der Waals surface area contributed by atoms with Crippen molar-refractivity contribution in [1.29, 1.82) is 0 Å². The number of hydrogen-bond acceptors (Lipinski definition) is 2. The third-order valence-corrected chi connectivity index (χ3v) is 6.47. The van der Waals surface area contributed by atoms with Gasteiger partial charge in [0.15, 0.2) is 0 Å². The first-order valence-corrected chi connectivity index (χ1v) is 12.8. The average molecular weight is 381 g/mol. The molecule has 162 valence electrons. The first-order chi connectivity index (χ1) is 13.4. The van der Waals surface area contributed by atoms with Gasteiger partial charge in [-0.15, -0.1) is 0 Å². The highest BCUT2D eigenvalue weighted by atomic mass is 15.1. The van der Waals surface area contributed by atoms with Crippen LogP contribution in [0.2, 0.25) is 0 Å². The molecule has 1 saturated heterocycles. The van der Waals surface area contributed by atoms with Crippen LogP contribution in [0.3, 0.4) is 0 Å². The van der Waals surface area contributed by atoms with E-state index in [-0.39, 0.29) is 0 Å². The van der Waals surface area contributed by atoms with Gasteiger partial charge in [-0.05, 0) is 70.7 Å². The van der Waals surface area contributed by atoms with Crippen LogP contribution in [-0.4, -0.2) is 37.6 Å². The fourth-order valence-electron chi connectivity index (χ4n) is 4.46. The highest BCUT2D eigenvalue weighted by Crippen LogP contribution is 2.17. The summed E-state index contributed by atoms with van der Waals surface area (Å²) in [6.07, 6.45) is 24.3. The van der Waals surface area contributed by atoms with Crippen LogP contribution in [-0.2, 0) is 0 Å². The van der Waals surface area contributed by atoms with Crippen molar-refractivity contribution in [3.05, 3.63) is 0 Å². The van der Waals surface area contributed by atoms with Crippen molar-refractivity contribution < 1.29 is 0 Å². The van der Waals surface area contributed by atoms with Crippen LogP contribution in [0.15, 0.2) is 0 Å². The first-order valence-electron chi connectivity index (χ1n) is 12.8. The van der Waals surface area contributed by atoms with Crippen molar-refractivity contribution in [3.63, 3.8) is 0 Å². The average Bonchev–Trinajstić information content (AvgIpc) is 2.70. The maximum atomic E-state index is 3.51. The molecule has 0 amide bonds. The van der Waals surface area contributed by atoms with E-state index in [2.05, 4.69) is 24.1 Å². The Bertz CT molecular complexity index is 268. The van der Waals surface area contributed by atoms with Crippen LogP contribution >= 0.6 is 0 Å². The molecule has 0 aromatic rings. The molecule has 0 unspecified atom stereocenters. The summed E-state index contributed by atoms with van der Waals surface area (Å²) in [6, 6.07) is 0. The zero-order valence-corrected chi connectivity index (χ0v) is 19.1. The Morgan fingerprint density at radius 1 is 0.593 bits per heavy atom. The van der Waals surface area contributed by atoms with E-state index >= 15 is 0 Å². The summed E-state index contributed by atoms with van der Waals surface area (Å²) in [6.45, 7) is 11.2. The molecule has 0 aromatic carbocycles. The van der Waals surface area contributed by atoms with Gasteiger partial charge in [0.25, 0.3) is 0 Å². The van der Waals surface area contributed by atoms with E-state index in [9.17, 15) is 0 Å². The van der Waals surface area contributed by atoms with Crippen LogP contribution in [0.4, 0.5) is 0 Å². The maximum absolute atomic E-state index is 3.51. The van der Waals surface area contributed by atoms with E-state index in [4.69, 9.17) is 0 Å². The van der Waals surface area contributed by atoms with Gasteiger partial charge in [-0.3, -0.25) is 0 Å². The van der Waals surface area contributed by atoms with Crippen LogP contribution in [0, 0.1) is 5.92 Å². The molecule has 1 fully saturated rings. The second-order valence-electron chi connectivity index (χ2n) is 9.07. The number of nitrogens with zero attached hydrogens (tertiary/aromatic N) is 1. The molecule has 1 N–H and O–H groups in total. The molecule has 0 saturated carbocycles. The van der Waals surface area contributed by atoms with E-state index in [1.165, 1.54) is 142 Å². The Labute approximate surface area is 172 Å². The Kier molecular flexibility index (Phi) is 17.8. The Balaban J connectivity index is 2.13. The topological polar surface area (TPSA) is 15.3 Å². The summed E-state index contributed by atoms with van der Waals surface area (Å²) in [5.74, 6) is 0.983. The Morgan fingerprint density at radius 2 is 1.04 bits per heavy atom. The minimum atomic E-state index is 0.983. The minimum absolute atomic E-state index is 0.983. The molecule has 0 spiro atoms. The molecule has 0 radical (unpaired) electrons. The molecular formula is C25H52N2. The van der Waals surface area contributed by atoms with Gasteiger partial charge in [0, 0.05) is 0 Å². The van der Waals surface area contributed by atoms with Gasteiger partial charge in [-0.25, -0.2) is 0 Å². The largest absolute Gasteiger partial charge is 0.317 e. The van der Waals surface area contributed by atoms with Crippen molar-refractivity contribution in [2.75, 3.05) is 32.7 Å². The number of rotatable bonds is 19. The lowest BCUT2D eigenvalue weighted by molar-refractivity contribution is 0.226. The highest BCUT2D eigenvalue weighted by molar-refractivity contribution is 4.71. The van der Waals surface area contributed by atoms with Gasteiger partial charge in [0.2, 0.25) is 0 Å². The molecule has 0 atom stereocenters. The molecule has 27 heavy (non-hydrogen) atoms. The zero-order valence-electron chi connectivity index (χ0n) is 19.1. The SMILES string of the molecule is CCCCCCCCCN(CCCCCCCCC)CCC1CCNCC1. The lowest BCUT2D eigenvalue weighted by atomic mass is 9.94. The van der Waals surface area contributed by atoms with Crippen LogP contribution in [0.5, 0.6) is 0 Å². The lowest BCUT2D eigenvalue weighted by Gasteiger charge is -2.27. The zero-order chi connectivity index (χ0) is 19.4. The predicted molar refractivity (Wildman–Crippen MR) is 123 cm³/mol. The van der Waals surface area contributed by atoms with Crippen molar-refractivity contribution in [3.8, 4) is 0 Å². The second kappa shape index (κ2) is 19.2. The Hall–Kier alpha value is -0.0800. The molecule has 2 nitrogen and oxygen atoms in total. The monoisotopic (exact) mass is 380 g/mol. The van der Waals surface area contributed by atoms with Crippen LogP contribution in [0.25, 0.3) is 0 Å². The van der Waals surface area contributed by atoms with Gasteiger partial charge in [0.1, 0.15) is 0 Å². The van der Waals surface area contributed by atoms with Crippen molar-refractivity contribution in [2.24, 2.45) is 5.92 Å². The summed E-state index contributed by atoms with van der Waals surface area (Å²) >= 11 is 0. The molecule has 1 aliphatic heterocycles. The van der Waals surface area contributed by atoms with E-state index in [0.29, 0.717) is 0 Å². The standard InChI is InChI=1S/C25H52N2/c1-3-5-7-9-11-13-15-22-27(23-16-14-12-10-8-6-4-2)24-19-25-17-20-26-21-18-25/h25-26H,3-24H2,1-2H3. The van der Waals surface area contributed by atoms with Crippen LogP contribution < -0.4 is 5.32 Å². The number of unbranched alkanes of at least 4 members (excludes halogenated alkanes) is 12. The molecule has 0 bridgehead atoms. The molecule has 0 aromatic heterocycles. The molecule has 1 rings (SSSR count). The van der Waals surface area contributed by atoms with Crippen molar-refractivity contribution in [1.82, 2.24) is 10.2 Å². The molecule has 1 heterocycles. The summed E-state index contributed by atoms with van der Waals surface area (Å²) in [4.78, 5) is 2.82. The third-order valence-electron chi connectivity index (χ3n) is 6.47. The van der Waals surface area contributed by atoms with Crippen LogP contribution in [0.1, 0.15) is 123 Å². The lowest BCUT2D eigenvalue weighted by Crippen LogP contribution is -2.32. The van der Waals surface area contributed by atoms with Gasteiger partial charge in [0.05, 0.1) is 0 Å². The quantitative estimate of drug-likeness (QED) is 0.239. The number of nitrogens with one attached hydrogen (secondary N) is 1. The molecule has 0 aliphatic carbocycles. The second-order valence-corrected chi connectivity index (χ2v) is 9.07. The number of hydrogen-bond donors (Lipinski definition) is 1. The maximum Gasteiger partial charge on any atom is -0.00161 e. The van der Waals surface area contributed by atoms with E-state index in [1.807, 2.05) is 0 Å². The van der Waals surface area contributed by atoms with E-state index in [0.717, 1.165) is 5.92 Å². The Morgan fingerprint density at radius 3 is 1.52 bits per heavy atom. The fourth-order valence-corrected chi connectivity index (χ4v) is 4.46. The van der Waals surface area contributed by atoms with E-state index in [1.54, 1.807) is 0 Å². The molecule has 2 heteroatoms. The van der Waals surface area contributed by atoms with Gasteiger partial charge in [-0.2, -0.15) is 0 Å². The third kappa shape index (κ3) is 15.5. The summed E-state index contributed by atoms with van der Waals surface area (Å²) in [5, 5.41) is 3.51. The first kappa shape index (κ1) is 25.0. The minimum Gasteiger partial charge on any atom is -0.317 e. The van der Waals surface area contributed by atoms with Crippen molar-refractivity contribution >= 4 is 0 Å².